The van der Waals surface area contributed by atoms with Crippen LogP contribution in [-0.2, 0) is 13.1 Å². The number of rotatable bonds is 5. The van der Waals surface area contributed by atoms with E-state index in [1.807, 2.05) is 24.3 Å². The van der Waals surface area contributed by atoms with Crippen LogP contribution in [-0.4, -0.2) is 20.7 Å². The standard InChI is InChI=1S/C17H15ClN4O/c18-16-10-21-22(12-16)11-14-5-3-13(4-6-14)8-20-17(23)15-2-1-7-19-9-15/h1-7,9-10,12H,8,11H2,(H,20,23). The number of halogens is 1. The Morgan fingerprint density at radius 2 is 1.91 bits per heavy atom. The van der Waals surface area contributed by atoms with Crippen LogP contribution < -0.4 is 5.32 Å². The Labute approximate surface area is 138 Å². The lowest BCUT2D eigenvalue weighted by atomic mass is 10.1. The van der Waals surface area contributed by atoms with E-state index in [0.29, 0.717) is 23.7 Å². The van der Waals surface area contributed by atoms with Gasteiger partial charge in [-0.05, 0) is 23.3 Å². The summed E-state index contributed by atoms with van der Waals surface area (Å²) in [5.74, 6) is -0.131. The highest BCUT2D eigenvalue weighted by atomic mass is 35.5. The maximum atomic E-state index is 12.0. The van der Waals surface area contributed by atoms with E-state index in [4.69, 9.17) is 11.6 Å². The molecule has 3 rings (SSSR count). The quantitative estimate of drug-likeness (QED) is 0.784. The number of carbonyl (C=O) groups excluding carboxylic acids is 1. The second-order valence-corrected chi connectivity index (χ2v) is 5.53. The van der Waals surface area contributed by atoms with Crippen LogP contribution in [0.1, 0.15) is 21.5 Å². The van der Waals surface area contributed by atoms with Crippen LogP contribution >= 0.6 is 11.6 Å². The van der Waals surface area contributed by atoms with Gasteiger partial charge in [0.05, 0.1) is 23.3 Å². The summed E-state index contributed by atoms with van der Waals surface area (Å²) in [6, 6.07) is 11.5. The van der Waals surface area contributed by atoms with Crippen LogP contribution in [0.4, 0.5) is 0 Å². The highest BCUT2D eigenvalue weighted by Gasteiger charge is 2.04. The second kappa shape index (κ2) is 7.07. The molecule has 0 spiro atoms. The van der Waals surface area contributed by atoms with Crippen molar-refractivity contribution in [2.45, 2.75) is 13.1 Å². The third-order valence-corrected chi connectivity index (χ3v) is 3.54. The zero-order valence-corrected chi connectivity index (χ0v) is 13.1. The molecule has 0 radical (unpaired) electrons. The van der Waals surface area contributed by atoms with Crippen molar-refractivity contribution in [2.24, 2.45) is 0 Å². The van der Waals surface area contributed by atoms with Gasteiger partial charge in [0.2, 0.25) is 0 Å². The first-order chi connectivity index (χ1) is 11.2. The molecule has 6 heteroatoms. The van der Waals surface area contributed by atoms with E-state index in [0.717, 1.165) is 11.1 Å². The van der Waals surface area contributed by atoms with Crippen LogP contribution in [0.3, 0.4) is 0 Å². The van der Waals surface area contributed by atoms with Crippen molar-refractivity contribution in [3.05, 3.63) is 82.9 Å². The Bertz CT molecular complexity index is 784. The maximum Gasteiger partial charge on any atom is 0.253 e. The molecular weight excluding hydrogens is 312 g/mol. The van der Waals surface area contributed by atoms with Gasteiger partial charge in [0.25, 0.3) is 5.91 Å². The van der Waals surface area contributed by atoms with Gasteiger partial charge in [0, 0.05) is 25.1 Å². The first kappa shape index (κ1) is 15.2. The molecule has 3 aromatic rings. The predicted octanol–water partition coefficient (Wildman–Crippen LogP) is 2.91. The van der Waals surface area contributed by atoms with Gasteiger partial charge in [-0.1, -0.05) is 35.9 Å². The second-order valence-electron chi connectivity index (χ2n) is 5.10. The number of pyridine rings is 1. The molecule has 0 aliphatic carbocycles. The Balaban J connectivity index is 1.56. The molecule has 1 amide bonds. The minimum Gasteiger partial charge on any atom is -0.348 e. The molecule has 0 atom stereocenters. The molecule has 5 nitrogen and oxygen atoms in total. The third kappa shape index (κ3) is 4.17. The molecule has 2 heterocycles. The normalized spacial score (nSPS) is 10.5. The fraction of sp³-hybridized carbons (Fsp3) is 0.118. The molecular formula is C17H15ClN4O. The van der Waals surface area contributed by atoms with Crippen molar-refractivity contribution in [1.82, 2.24) is 20.1 Å². The number of amides is 1. The van der Waals surface area contributed by atoms with E-state index in [2.05, 4.69) is 15.4 Å². The van der Waals surface area contributed by atoms with Crippen LogP contribution in [0.5, 0.6) is 0 Å². The highest BCUT2D eigenvalue weighted by Crippen LogP contribution is 2.09. The summed E-state index contributed by atoms with van der Waals surface area (Å²) in [7, 11) is 0. The molecule has 2 aromatic heterocycles. The van der Waals surface area contributed by atoms with Crippen molar-refractivity contribution in [1.29, 1.82) is 0 Å². The van der Waals surface area contributed by atoms with Gasteiger partial charge < -0.3 is 5.32 Å². The van der Waals surface area contributed by atoms with E-state index < -0.39 is 0 Å². The fourth-order valence-corrected chi connectivity index (χ4v) is 2.31. The van der Waals surface area contributed by atoms with Crippen molar-refractivity contribution in [3.8, 4) is 0 Å². The Morgan fingerprint density at radius 1 is 1.13 bits per heavy atom. The Morgan fingerprint density at radius 3 is 2.57 bits per heavy atom. The molecule has 0 aliphatic rings. The van der Waals surface area contributed by atoms with Crippen LogP contribution in [0.15, 0.2) is 61.2 Å². The third-order valence-electron chi connectivity index (χ3n) is 3.35. The molecule has 116 valence electrons. The minimum atomic E-state index is -0.131. The van der Waals surface area contributed by atoms with Crippen LogP contribution in [0, 0.1) is 0 Å². The molecule has 1 N–H and O–H groups in total. The number of benzene rings is 1. The first-order valence-electron chi connectivity index (χ1n) is 7.15. The molecule has 0 saturated heterocycles. The van der Waals surface area contributed by atoms with Crippen LogP contribution in [0.2, 0.25) is 5.02 Å². The molecule has 0 saturated carbocycles. The predicted molar refractivity (Wildman–Crippen MR) is 88.2 cm³/mol. The maximum absolute atomic E-state index is 12.0. The average molecular weight is 327 g/mol. The summed E-state index contributed by atoms with van der Waals surface area (Å²) in [4.78, 5) is 15.9. The molecule has 0 bridgehead atoms. The van der Waals surface area contributed by atoms with Crippen LogP contribution in [0.25, 0.3) is 0 Å². The summed E-state index contributed by atoms with van der Waals surface area (Å²) in [6.45, 7) is 1.14. The van der Waals surface area contributed by atoms with E-state index in [-0.39, 0.29) is 5.91 Å². The van der Waals surface area contributed by atoms with Crippen molar-refractivity contribution < 1.29 is 4.79 Å². The number of nitrogens with zero attached hydrogens (tertiary/aromatic N) is 3. The van der Waals surface area contributed by atoms with Gasteiger partial charge in [0.1, 0.15) is 0 Å². The summed E-state index contributed by atoms with van der Waals surface area (Å²) < 4.78 is 1.78. The number of hydrogen-bond donors (Lipinski definition) is 1. The Kier molecular flexibility index (Phi) is 4.68. The molecule has 0 aliphatic heterocycles. The van der Waals surface area contributed by atoms with E-state index >= 15 is 0 Å². The van der Waals surface area contributed by atoms with Gasteiger partial charge >= 0.3 is 0 Å². The van der Waals surface area contributed by atoms with Crippen molar-refractivity contribution >= 4 is 17.5 Å². The lowest BCUT2D eigenvalue weighted by Crippen LogP contribution is -2.22. The largest absolute Gasteiger partial charge is 0.348 e. The van der Waals surface area contributed by atoms with E-state index in [1.54, 1.807) is 41.6 Å². The van der Waals surface area contributed by atoms with Gasteiger partial charge in [-0.3, -0.25) is 14.5 Å². The molecule has 1 aromatic carbocycles. The summed E-state index contributed by atoms with van der Waals surface area (Å²) in [6.07, 6.45) is 6.59. The summed E-state index contributed by atoms with van der Waals surface area (Å²) in [5.41, 5.74) is 2.70. The zero-order valence-electron chi connectivity index (χ0n) is 12.3. The van der Waals surface area contributed by atoms with E-state index in [9.17, 15) is 4.79 Å². The van der Waals surface area contributed by atoms with Crippen molar-refractivity contribution in [3.63, 3.8) is 0 Å². The lowest BCUT2D eigenvalue weighted by Gasteiger charge is -2.07. The summed E-state index contributed by atoms with van der Waals surface area (Å²) >= 11 is 5.85. The minimum absolute atomic E-state index is 0.131. The monoisotopic (exact) mass is 326 g/mol. The lowest BCUT2D eigenvalue weighted by molar-refractivity contribution is 0.0950. The van der Waals surface area contributed by atoms with Crippen molar-refractivity contribution in [2.75, 3.05) is 0 Å². The molecule has 0 unspecified atom stereocenters. The number of aromatic nitrogens is 3. The molecule has 0 fully saturated rings. The topological polar surface area (TPSA) is 59.8 Å². The van der Waals surface area contributed by atoms with Gasteiger partial charge in [0.15, 0.2) is 0 Å². The smallest absolute Gasteiger partial charge is 0.253 e. The SMILES string of the molecule is O=C(NCc1ccc(Cn2cc(Cl)cn2)cc1)c1cccnc1. The zero-order chi connectivity index (χ0) is 16.1. The first-order valence-corrected chi connectivity index (χ1v) is 7.52. The number of carbonyl (C=O) groups is 1. The Hall–Kier alpha value is -2.66. The highest BCUT2D eigenvalue weighted by molar-refractivity contribution is 6.30. The van der Waals surface area contributed by atoms with Gasteiger partial charge in [-0.15, -0.1) is 0 Å². The van der Waals surface area contributed by atoms with Gasteiger partial charge in [-0.2, -0.15) is 5.10 Å². The average Bonchev–Trinajstić information content (AvgIpc) is 2.99. The van der Waals surface area contributed by atoms with E-state index in [1.165, 1.54) is 0 Å². The number of hydrogen-bond acceptors (Lipinski definition) is 3. The fourth-order valence-electron chi connectivity index (χ4n) is 2.16. The van der Waals surface area contributed by atoms with Gasteiger partial charge in [-0.25, -0.2) is 0 Å². The summed E-state index contributed by atoms with van der Waals surface area (Å²) in [5, 5.41) is 7.65. The number of nitrogens with one attached hydrogen (secondary N) is 1. The molecule has 23 heavy (non-hydrogen) atoms.